The van der Waals surface area contributed by atoms with Crippen LogP contribution in [0.5, 0.6) is 0 Å². The van der Waals surface area contributed by atoms with Crippen molar-refractivity contribution in [2.24, 2.45) is 22.7 Å². The molecule has 0 aromatic carbocycles. The fourth-order valence-corrected chi connectivity index (χ4v) is 7.74. The molecule has 0 bridgehead atoms. The molecule has 0 aliphatic heterocycles. The van der Waals surface area contributed by atoms with Gasteiger partial charge in [0.25, 0.3) is 0 Å². The first-order chi connectivity index (χ1) is 13.7. The zero-order valence-electron chi connectivity index (χ0n) is 17.2. The Morgan fingerprint density at radius 2 is 1.90 bits per heavy atom. The number of aliphatic hydroxyl groups excluding tert-OH is 1. The van der Waals surface area contributed by atoms with Crippen LogP contribution in [0.2, 0.25) is 0 Å². The summed E-state index contributed by atoms with van der Waals surface area (Å²) in [7, 11) is 0. The van der Waals surface area contributed by atoms with Crippen molar-refractivity contribution in [1.29, 1.82) is 0 Å². The van der Waals surface area contributed by atoms with E-state index in [2.05, 4.69) is 13.8 Å². The van der Waals surface area contributed by atoms with Gasteiger partial charge in [-0.3, -0.25) is 4.79 Å². The highest BCUT2D eigenvalue weighted by Gasteiger charge is 2.69. The summed E-state index contributed by atoms with van der Waals surface area (Å²) in [5.41, 5.74) is 0.163. The zero-order chi connectivity index (χ0) is 20.6. The lowest BCUT2D eigenvalue weighted by atomic mass is 9.44. The molecule has 0 radical (unpaired) electrons. The lowest BCUT2D eigenvalue weighted by Crippen LogP contribution is -2.64. The van der Waals surface area contributed by atoms with E-state index < -0.39 is 17.1 Å². The number of ketones is 1. The highest BCUT2D eigenvalue weighted by molar-refractivity contribution is 5.91. The van der Waals surface area contributed by atoms with E-state index >= 15 is 0 Å². The van der Waals surface area contributed by atoms with Gasteiger partial charge in [0.05, 0.1) is 18.0 Å². The van der Waals surface area contributed by atoms with E-state index in [9.17, 15) is 19.8 Å². The SMILES string of the molecule is C[C@]12CCC(=O)C=C1CC[C@@H]1[C@@H]2[C@H](O)C[C@]2(C)[C@H](c3ccc(=O)oc3)CC[C@]12O. The Kier molecular flexibility index (Phi) is 4.08. The first-order valence-corrected chi connectivity index (χ1v) is 10.9. The number of hydrogen-bond acceptors (Lipinski definition) is 5. The standard InChI is InChI=1S/C24H30O5/c1-22-9-7-16(25)11-15(22)4-5-18-21(22)19(26)12-23(2)17(8-10-24(18,23)28)14-3-6-20(27)29-13-14/h3,6,11,13,17-19,21,26,28H,4-5,7-10,12H2,1-2H3/t17-,18+,19+,21+,22-,23+,24-/m0/s1. The van der Waals surface area contributed by atoms with E-state index in [1.54, 1.807) is 0 Å². The van der Waals surface area contributed by atoms with Crippen molar-refractivity contribution >= 4 is 5.78 Å². The topological polar surface area (TPSA) is 87.7 Å². The summed E-state index contributed by atoms with van der Waals surface area (Å²) in [5.74, 6) is 0.217. The minimum absolute atomic E-state index is 0.00678. The second-order valence-corrected chi connectivity index (χ2v) is 10.3. The van der Waals surface area contributed by atoms with Crippen LogP contribution in [-0.4, -0.2) is 27.7 Å². The number of carbonyl (C=O) groups excluding carboxylic acids is 1. The van der Waals surface area contributed by atoms with Gasteiger partial charge < -0.3 is 14.6 Å². The summed E-state index contributed by atoms with van der Waals surface area (Å²) in [6.45, 7) is 4.29. The molecule has 3 saturated carbocycles. The number of carbonyl (C=O) groups is 1. The Morgan fingerprint density at radius 1 is 1.10 bits per heavy atom. The van der Waals surface area contributed by atoms with Crippen molar-refractivity contribution in [3.05, 3.63) is 46.0 Å². The van der Waals surface area contributed by atoms with E-state index in [0.717, 1.165) is 31.2 Å². The third-order valence-electron chi connectivity index (χ3n) is 9.21. The van der Waals surface area contributed by atoms with Crippen molar-refractivity contribution in [3.63, 3.8) is 0 Å². The average molecular weight is 398 g/mol. The van der Waals surface area contributed by atoms with Crippen molar-refractivity contribution in [1.82, 2.24) is 0 Å². The summed E-state index contributed by atoms with van der Waals surface area (Å²) in [4.78, 5) is 23.4. The predicted octanol–water partition coefficient (Wildman–Crippen LogP) is 3.34. The second-order valence-electron chi connectivity index (χ2n) is 10.3. The maximum absolute atomic E-state index is 12.1. The first-order valence-electron chi connectivity index (χ1n) is 10.9. The molecule has 156 valence electrons. The van der Waals surface area contributed by atoms with Crippen LogP contribution in [0.1, 0.15) is 70.3 Å². The van der Waals surface area contributed by atoms with Gasteiger partial charge in [-0.25, -0.2) is 4.79 Å². The fourth-order valence-electron chi connectivity index (χ4n) is 7.74. The van der Waals surface area contributed by atoms with Gasteiger partial charge in [0, 0.05) is 17.9 Å². The Labute approximate surface area is 170 Å². The van der Waals surface area contributed by atoms with Gasteiger partial charge >= 0.3 is 5.63 Å². The van der Waals surface area contributed by atoms with Gasteiger partial charge in [-0.2, -0.15) is 0 Å². The molecular weight excluding hydrogens is 368 g/mol. The molecule has 1 heterocycles. The summed E-state index contributed by atoms with van der Waals surface area (Å²) in [5, 5.41) is 23.5. The molecule has 1 aromatic rings. The molecule has 0 unspecified atom stereocenters. The van der Waals surface area contributed by atoms with Crippen molar-refractivity contribution in [2.45, 2.75) is 76.4 Å². The molecule has 5 nitrogen and oxygen atoms in total. The zero-order valence-corrected chi connectivity index (χ0v) is 17.2. The maximum atomic E-state index is 12.1. The Morgan fingerprint density at radius 3 is 2.62 bits per heavy atom. The highest BCUT2D eigenvalue weighted by Crippen LogP contribution is 2.69. The molecule has 7 atom stereocenters. The van der Waals surface area contributed by atoms with Crippen LogP contribution in [-0.2, 0) is 4.79 Å². The molecule has 5 rings (SSSR count). The quantitative estimate of drug-likeness (QED) is 0.758. The van der Waals surface area contributed by atoms with Crippen LogP contribution < -0.4 is 5.63 Å². The van der Waals surface area contributed by atoms with E-state index in [1.165, 1.54) is 17.9 Å². The van der Waals surface area contributed by atoms with Crippen LogP contribution in [0.25, 0.3) is 0 Å². The molecule has 1 aromatic heterocycles. The van der Waals surface area contributed by atoms with E-state index in [0.29, 0.717) is 19.3 Å². The van der Waals surface area contributed by atoms with Crippen molar-refractivity contribution in [3.8, 4) is 0 Å². The maximum Gasteiger partial charge on any atom is 0.335 e. The molecule has 0 spiro atoms. The van der Waals surface area contributed by atoms with Gasteiger partial charge in [-0.1, -0.05) is 19.4 Å². The second kappa shape index (κ2) is 6.14. The lowest BCUT2D eigenvalue weighted by Gasteiger charge is -2.63. The van der Waals surface area contributed by atoms with Gasteiger partial charge in [-0.05, 0) is 79.4 Å². The average Bonchev–Trinajstić information content (AvgIpc) is 2.94. The van der Waals surface area contributed by atoms with E-state index in [1.807, 2.05) is 12.1 Å². The molecule has 0 saturated heterocycles. The van der Waals surface area contributed by atoms with Gasteiger partial charge in [0.2, 0.25) is 0 Å². The van der Waals surface area contributed by atoms with E-state index in [-0.39, 0.29) is 34.6 Å². The molecule has 29 heavy (non-hydrogen) atoms. The molecule has 3 fully saturated rings. The number of allylic oxidation sites excluding steroid dienone is 1. The van der Waals surface area contributed by atoms with Crippen LogP contribution >= 0.6 is 0 Å². The first kappa shape index (κ1) is 19.3. The molecule has 4 aliphatic rings. The molecule has 2 N–H and O–H groups in total. The summed E-state index contributed by atoms with van der Waals surface area (Å²) >= 11 is 0. The van der Waals surface area contributed by atoms with Crippen molar-refractivity contribution < 1.29 is 19.4 Å². The fraction of sp³-hybridized carbons (Fsp3) is 0.667. The summed E-state index contributed by atoms with van der Waals surface area (Å²) < 4.78 is 5.12. The Hall–Kier alpha value is -1.72. The third kappa shape index (κ3) is 2.46. The minimum atomic E-state index is -0.867. The van der Waals surface area contributed by atoms with Crippen LogP contribution in [0.15, 0.2) is 39.3 Å². The van der Waals surface area contributed by atoms with Crippen LogP contribution in [0.4, 0.5) is 0 Å². The summed E-state index contributed by atoms with van der Waals surface area (Å²) in [6.07, 6.45) is 7.75. The third-order valence-corrected chi connectivity index (χ3v) is 9.21. The van der Waals surface area contributed by atoms with Gasteiger partial charge in [0.1, 0.15) is 0 Å². The van der Waals surface area contributed by atoms with Crippen molar-refractivity contribution in [2.75, 3.05) is 0 Å². The molecule has 5 heteroatoms. The normalized spacial score (nSPS) is 46.5. The number of rotatable bonds is 1. The van der Waals surface area contributed by atoms with Gasteiger partial charge in [-0.15, -0.1) is 0 Å². The summed E-state index contributed by atoms with van der Waals surface area (Å²) in [6, 6.07) is 3.25. The number of aliphatic hydroxyl groups is 2. The largest absolute Gasteiger partial charge is 0.431 e. The predicted molar refractivity (Wildman–Crippen MR) is 107 cm³/mol. The van der Waals surface area contributed by atoms with Crippen LogP contribution in [0, 0.1) is 22.7 Å². The highest BCUT2D eigenvalue weighted by atomic mass is 16.4. The monoisotopic (exact) mass is 398 g/mol. The number of fused-ring (bicyclic) bond motifs is 5. The minimum Gasteiger partial charge on any atom is -0.431 e. The molecule has 0 amide bonds. The smallest absolute Gasteiger partial charge is 0.335 e. The molecule has 4 aliphatic carbocycles. The molecular formula is C24H30O5. The van der Waals surface area contributed by atoms with E-state index in [4.69, 9.17) is 4.42 Å². The Balaban J connectivity index is 1.56. The van der Waals surface area contributed by atoms with Crippen LogP contribution in [0.3, 0.4) is 0 Å². The lowest BCUT2D eigenvalue weighted by molar-refractivity contribution is -0.213. The van der Waals surface area contributed by atoms with Gasteiger partial charge in [0.15, 0.2) is 5.78 Å². The Bertz CT molecular complexity index is 926. The number of hydrogen-bond donors (Lipinski definition) is 2.